The summed E-state index contributed by atoms with van der Waals surface area (Å²) in [5.41, 5.74) is 1.21. The van der Waals surface area contributed by atoms with Crippen molar-refractivity contribution in [2.45, 2.75) is 37.5 Å². The van der Waals surface area contributed by atoms with Gasteiger partial charge in [0, 0.05) is 11.8 Å². The molecule has 1 aliphatic rings. The maximum Gasteiger partial charge on any atom is 0.335 e. The number of carboxylic acid groups (broad SMARTS) is 1. The highest BCUT2D eigenvalue weighted by molar-refractivity contribution is 5.87. The SMILES string of the molecule is N#CCC1(c2cccc(C(=O)O)c2)CCCC1. The van der Waals surface area contributed by atoms with E-state index < -0.39 is 5.97 Å². The summed E-state index contributed by atoms with van der Waals surface area (Å²) in [7, 11) is 0. The molecule has 0 aliphatic heterocycles. The first-order valence-corrected chi connectivity index (χ1v) is 5.89. The number of aromatic carboxylic acids is 1. The first-order chi connectivity index (χ1) is 8.18. The van der Waals surface area contributed by atoms with Crippen LogP contribution >= 0.6 is 0 Å². The van der Waals surface area contributed by atoms with Crippen molar-refractivity contribution in [1.29, 1.82) is 5.26 Å². The third kappa shape index (κ3) is 2.16. The van der Waals surface area contributed by atoms with Gasteiger partial charge in [0.2, 0.25) is 0 Å². The second-order valence-electron chi connectivity index (χ2n) is 4.71. The average molecular weight is 229 g/mol. The van der Waals surface area contributed by atoms with Gasteiger partial charge in [-0.25, -0.2) is 4.79 Å². The highest BCUT2D eigenvalue weighted by Crippen LogP contribution is 2.43. The predicted octanol–water partition coefficient (Wildman–Crippen LogP) is 3.11. The Hall–Kier alpha value is -1.82. The Balaban J connectivity index is 2.40. The monoisotopic (exact) mass is 229 g/mol. The molecule has 1 aromatic rings. The van der Waals surface area contributed by atoms with Crippen LogP contribution in [0.5, 0.6) is 0 Å². The third-order valence-electron chi connectivity index (χ3n) is 3.70. The number of hydrogen-bond acceptors (Lipinski definition) is 2. The zero-order chi connectivity index (χ0) is 12.3. The first kappa shape index (κ1) is 11.7. The van der Waals surface area contributed by atoms with Crippen LogP contribution in [0.3, 0.4) is 0 Å². The van der Waals surface area contributed by atoms with Crippen molar-refractivity contribution in [2.75, 3.05) is 0 Å². The Morgan fingerprint density at radius 1 is 1.41 bits per heavy atom. The number of hydrogen-bond donors (Lipinski definition) is 1. The summed E-state index contributed by atoms with van der Waals surface area (Å²) in [6.07, 6.45) is 4.71. The molecular formula is C14H15NO2. The molecule has 3 heteroatoms. The van der Waals surface area contributed by atoms with Gasteiger partial charge in [0.25, 0.3) is 0 Å². The van der Waals surface area contributed by atoms with Gasteiger partial charge in [0.05, 0.1) is 11.6 Å². The summed E-state index contributed by atoms with van der Waals surface area (Å²) in [4.78, 5) is 11.0. The average Bonchev–Trinajstić information content (AvgIpc) is 2.80. The number of rotatable bonds is 3. The lowest BCUT2D eigenvalue weighted by Gasteiger charge is -2.26. The molecule has 3 nitrogen and oxygen atoms in total. The van der Waals surface area contributed by atoms with E-state index in [0.717, 1.165) is 31.2 Å². The molecule has 0 unspecified atom stereocenters. The van der Waals surface area contributed by atoms with Crippen LogP contribution in [0.1, 0.15) is 48.0 Å². The van der Waals surface area contributed by atoms with Crippen molar-refractivity contribution in [3.8, 4) is 6.07 Å². The van der Waals surface area contributed by atoms with E-state index in [4.69, 9.17) is 10.4 Å². The quantitative estimate of drug-likeness (QED) is 0.866. The zero-order valence-corrected chi connectivity index (χ0v) is 9.65. The van der Waals surface area contributed by atoms with Gasteiger partial charge in [-0.1, -0.05) is 25.0 Å². The van der Waals surface area contributed by atoms with E-state index in [9.17, 15) is 4.79 Å². The summed E-state index contributed by atoms with van der Waals surface area (Å²) in [5, 5.41) is 18.0. The van der Waals surface area contributed by atoms with Crippen molar-refractivity contribution in [1.82, 2.24) is 0 Å². The van der Waals surface area contributed by atoms with Crippen LogP contribution in [0.25, 0.3) is 0 Å². The molecule has 88 valence electrons. The fourth-order valence-electron chi connectivity index (χ4n) is 2.75. The van der Waals surface area contributed by atoms with Crippen molar-refractivity contribution in [3.63, 3.8) is 0 Å². The summed E-state index contributed by atoms with van der Waals surface area (Å²) in [5.74, 6) is -0.906. The first-order valence-electron chi connectivity index (χ1n) is 5.89. The molecule has 17 heavy (non-hydrogen) atoms. The minimum absolute atomic E-state index is 0.111. The molecule has 0 aromatic heterocycles. The van der Waals surface area contributed by atoms with Crippen LogP contribution in [0.4, 0.5) is 0 Å². The highest BCUT2D eigenvalue weighted by Gasteiger charge is 2.35. The lowest BCUT2D eigenvalue weighted by Crippen LogP contribution is -2.21. The summed E-state index contributed by atoms with van der Waals surface area (Å²) in [6, 6.07) is 9.30. The van der Waals surface area contributed by atoms with Crippen molar-refractivity contribution < 1.29 is 9.90 Å². The molecule has 1 N–H and O–H groups in total. The highest BCUT2D eigenvalue weighted by atomic mass is 16.4. The smallest absolute Gasteiger partial charge is 0.335 e. The second-order valence-corrected chi connectivity index (χ2v) is 4.71. The minimum atomic E-state index is -0.906. The Labute approximate surface area is 101 Å². The van der Waals surface area contributed by atoms with E-state index in [2.05, 4.69) is 6.07 Å². The normalized spacial score (nSPS) is 17.6. The Morgan fingerprint density at radius 2 is 2.12 bits per heavy atom. The van der Waals surface area contributed by atoms with E-state index in [1.165, 1.54) is 0 Å². The fourth-order valence-corrected chi connectivity index (χ4v) is 2.75. The molecule has 0 bridgehead atoms. The van der Waals surface area contributed by atoms with Crippen molar-refractivity contribution in [2.24, 2.45) is 0 Å². The van der Waals surface area contributed by atoms with Gasteiger partial charge in [-0.3, -0.25) is 0 Å². The summed E-state index contributed by atoms with van der Waals surface area (Å²) in [6.45, 7) is 0. The van der Waals surface area contributed by atoms with Gasteiger partial charge in [0.1, 0.15) is 0 Å². The van der Waals surface area contributed by atoms with Gasteiger partial charge in [-0.05, 0) is 30.5 Å². The lowest BCUT2D eigenvalue weighted by molar-refractivity contribution is 0.0696. The number of benzene rings is 1. The van der Waals surface area contributed by atoms with Gasteiger partial charge in [0.15, 0.2) is 0 Å². The van der Waals surface area contributed by atoms with Crippen LogP contribution in [0.15, 0.2) is 24.3 Å². The van der Waals surface area contributed by atoms with Gasteiger partial charge >= 0.3 is 5.97 Å². The number of nitriles is 1. The van der Waals surface area contributed by atoms with Crippen LogP contribution in [-0.2, 0) is 5.41 Å². The third-order valence-corrected chi connectivity index (χ3v) is 3.70. The van der Waals surface area contributed by atoms with Crippen LogP contribution in [0, 0.1) is 11.3 Å². The van der Waals surface area contributed by atoms with E-state index >= 15 is 0 Å². The minimum Gasteiger partial charge on any atom is -0.478 e. The second kappa shape index (κ2) is 4.58. The zero-order valence-electron chi connectivity index (χ0n) is 9.65. The number of nitrogens with zero attached hydrogens (tertiary/aromatic N) is 1. The van der Waals surface area contributed by atoms with E-state index in [1.54, 1.807) is 18.2 Å². The van der Waals surface area contributed by atoms with Crippen LogP contribution in [-0.4, -0.2) is 11.1 Å². The maximum absolute atomic E-state index is 11.0. The molecule has 2 rings (SSSR count). The standard InChI is InChI=1S/C14H15NO2/c15-9-8-14(6-1-2-7-14)12-5-3-4-11(10-12)13(16)17/h3-5,10H,1-2,6-8H2,(H,16,17). The summed E-state index contributed by atoms with van der Waals surface area (Å²) < 4.78 is 0. The molecule has 0 saturated heterocycles. The van der Waals surface area contributed by atoms with Gasteiger partial charge < -0.3 is 5.11 Å². The molecular weight excluding hydrogens is 214 g/mol. The van der Waals surface area contributed by atoms with Crippen molar-refractivity contribution in [3.05, 3.63) is 35.4 Å². The van der Waals surface area contributed by atoms with E-state index in [-0.39, 0.29) is 5.41 Å². The molecule has 1 aromatic carbocycles. The summed E-state index contributed by atoms with van der Waals surface area (Å²) >= 11 is 0. The topological polar surface area (TPSA) is 61.1 Å². The Morgan fingerprint density at radius 3 is 2.71 bits per heavy atom. The molecule has 1 fully saturated rings. The van der Waals surface area contributed by atoms with Crippen LogP contribution < -0.4 is 0 Å². The number of carbonyl (C=O) groups is 1. The van der Waals surface area contributed by atoms with E-state index in [0.29, 0.717) is 12.0 Å². The predicted molar refractivity (Wildman–Crippen MR) is 63.8 cm³/mol. The Kier molecular flexibility index (Phi) is 3.14. The molecule has 0 heterocycles. The van der Waals surface area contributed by atoms with Crippen LogP contribution in [0.2, 0.25) is 0 Å². The van der Waals surface area contributed by atoms with Gasteiger partial charge in [-0.2, -0.15) is 5.26 Å². The molecule has 0 spiro atoms. The Bertz CT molecular complexity index is 467. The largest absolute Gasteiger partial charge is 0.478 e. The molecule has 0 radical (unpaired) electrons. The van der Waals surface area contributed by atoms with E-state index in [1.807, 2.05) is 6.07 Å². The van der Waals surface area contributed by atoms with Gasteiger partial charge in [-0.15, -0.1) is 0 Å². The molecule has 1 saturated carbocycles. The molecule has 0 atom stereocenters. The fraction of sp³-hybridized carbons (Fsp3) is 0.429. The maximum atomic E-state index is 11.0. The van der Waals surface area contributed by atoms with Crippen molar-refractivity contribution >= 4 is 5.97 Å². The number of carboxylic acids is 1. The molecule has 0 amide bonds. The lowest BCUT2D eigenvalue weighted by atomic mass is 9.76. The molecule has 1 aliphatic carbocycles.